The number of nitrogens with zero attached hydrogens (tertiary/aromatic N) is 10. The quantitative estimate of drug-likeness (QED) is 0.0266. The number of hydrogen-bond acceptors (Lipinski definition) is 31. The molecule has 3 saturated heterocycles. The SMILES string of the molecule is CO[C@H]1C(OP(=O)([O-])OC[C@H]2O[C@@H](n3cnc4c(=O)[nH]c(N)nc43)[C@@H](O)C2O)[C@@H](COP(=O)(O)OP(=O)(O)OP(=O)([O-])OC[C@H]2O[C@@H]([n+]3cn(C)c4c(=O)[nH]c(N)nc43)[C@@H](O)C2O)O[C@H]1n1cnc2c(N)ncnc21. The highest BCUT2D eigenvalue weighted by Crippen LogP contribution is 2.67. The van der Waals surface area contributed by atoms with Gasteiger partial charge in [0.15, 0.2) is 41.4 Å². The van der Waals surface area contributed by atoms with Gasteiger partial charge in [-0.25, -0.2) is 37.9 Å². The standard InChI is InChI=1S/C32H43N15O24P4/c1-44-9-47(25-15(44)27(53)43-32(35)41-25)29-19(51)17(49)11(67-29)4-64-73(56,57)70-75(60,61)71-74(58,59)65-5-12-20(21(62-2)30(68-12)45-7-38-13-22(33)36-6-37-23(13)45)69-72(54,55)63-3-10-16(48)18(50)28(66-10)46-8-39-14-24(46)40-31(34)42-26(14)52/h6-12,16-21,28-30,48-51H,3-5H2,1-2H3,(H11-,33,34,35,36,37,40,41,42,43,52,53,54,55,56,57,58,59,60,61)/p-1/t10-,11-,12-,16?,17?,18+,19+,20?,21+,28-,29-,30-/m1/s1. The predicted octanol–water partition coefficient (Wildman–Crippen LogP) is -5.97. The minimum absolute atomic E-state index is 0.0155. The van der Waals surface area contributed by atoms with E-state index < -0.39 is 136 Å². The van der Waals surface area contributed by atoms with Crippen molar-refractivity contribution in [1.82, 2.24) is 53.6 Å². The Morgan fingerprint density at radius 1 is 0.707 bits per heavy atom. The highest BCUT2D eigenvalue weighted by molar-refractivity contribution is 7.66. The van der Waals surface area contributed by atoms with E-state index in [1.54, 1.807) is 0 Å². The molecule has 75 heavy (non-hydrogen) atoms. The van der Waals surface area contributed by atoms with E-state index >= 15 is 0 Å². The third kappa shape index (κ3) is 10.9. The first-order valence-corrected chi connectivity index (χ1v) is 27.0. The van der Waals surface area contributed by atoms with Gasteiger partial charge < -0.3 is 89.7 Å². The molecule has 3 fully saturated rings. The van der Waals surface area contributed by atoms with Crippen molar-refractivity contribution in [2.24, 2.45) is 7.05 Å². The predicted molar refractivity (Wildman–Crippen MR) is 235 cm³/mol. The van der Waals surface area contributed by atoms with Crippen LogP contribution in [0, 0.1) is 0 Å². The molecule has 6 aromatic rings. The van der Waals surface area contributed by atoms with Crippen molar-refractivity contribution in [3.8, 4) is 0 Å². The van der Waals surface area contributed by atoms with Gasteiger partial charge in [0, 0.05) is 7.11 Å². The van der Waals surface area contributed by atoms with Crippen LogP contribution in [0.2, 0.25) is 0 Å². The van der Waals surface area contributed by atoms with Crippen molar-refractivity contribution < 1.29 is 108 Å². The van der Waals surface area contributed by atoms with Gasteiger partial charge in [0.1, 0.15) is 66.8 Å². The van der Waals surface area contributed by atoms with Crippen LogP contribution in [0.1, 0.15) is 18.7 Å². The Kier molecular flexibility index (Phi) is 14.8. The van der Waals surface area contributed by atoms with Gasteiger partial charge in [-0.3, -0.25) is 46.9 Å². The van der Waals surface area contributed by atoms with Gasteiger partial charge in [-0.05, 0) is 0 Å². The second kappa shape index (κ2) is 20.3. The zero-order valence-electron chi connectivity index (χ0n) is 37.9. The number of aryl methyl sites for hydroxylation is 1. The van der Waals surface area contributed by atoms with Crippen molar-refractivity contribution in [2.45, 2.75) is 73.6 Å². The van der Waals surface area contributed by atoms with E-state index in [1.807, 2.05) is 0 Å². The third-order valence-electron chi connectivity index (χ3n) is 11.5. The number of H-pyrrole nitrogens is 2. The lowest BCUT2D eigenvalue weighted by Gasteiger charge is -2.31. The lowest BCUT2D eigenvalue weighted by Crippen LogP contribution is -2.46. The first-order chi connectivity index (χ1) is 35.2. The maximum Gasteiger partial charge on any atom is 0.487 e. The number of fused-ring (bicyclic) bond motifs is 3. The summed E-state index contributed by atoms with van der Waals surface area (Å²) in [5.74, 6) is -0.752. The summed E-state index contributed by atoms with van der Waals surface area (Å²) in [6, 6.07) is 0. The maximum absolute atomic E-state index is 13.6. The Bertz CT molecular complexity index is 3470. The molecule has 0 bridgehead atoms. The number of nitrogen functional groups attached to an aromatic ring is 3. The van der Waals surface area contributed by atoms with Crippen LogP contribution in [-0.4, -0.2) is 166 Å². The summed E-state index contributed by atoms with van der Waals surface area (Å²) in [5.41, 5.74) is 15.3. The molecule has 16 atom stereocenters. The Morgan fingerprint density at radius 2 is 1.31 bits per heavy atom. The minimum atomic E-state index is -6.28. The molecule has 0 aliphatic carbocycles. The fourth-order valence-corrected chi connectivity index (χ4v) is 12.7. The van der Waals surface area contributed by atoms with Crippen molar-refractivity contribution >= 4 is 82.5 Å². The van der Waals surface area contributed by atoms with Gasteiger partial charge >= 0.3 is 21.3 Å². The number of aliphatic hydroxyl groups is 4. The van der Waals surface area contributed by atoms with Crippen molar-refractivity contribution in [1.29, 1.82) is 0 Å². The number of imidazole rings is 3. The Morgan fingerprint density at radius 3 is 2.01 bits per heavy atom. The van der Waals surface area contributed by atoms with Gasteiger partial charge in [0.25, 0.3) is 32.7 Å². The van der Waals surface area contributed by atoms with Crippen LogP contribution in [0.3, 0.4) is 0 Å². The molecule has 0 saturated carbocycles. The van der Waals surface area contributed by atoms with Crippen LogP contribution in [0.5, 0.6) is 0 Å². The molecular formula is C32H42N15O24P4-. The first-order valence-electron chi connectivity index (χ1n) is 21.1. The van der Waals surface area contributed by atoms with E-state index in [0.29, 0.717) is 0 Å². The molecule has 14 N–H and O–H groups in total. The molecule has 0 amide bonds. The lowest BCUT2D eigenvalue weighted by atomic mass is 10.1. The van der Waals surface area contributed by atoms with E-state index in [4.69, 9.17) is 49.7 Å². The molecule has 410 valence electrons. The molecule has 0 radical (unpaired) electrons. The number of phosphoric acid groups is 4. The van der Waals surface area contributed by atoms with Gasteiger partial charge in [-0.2, -0.15) is 9.29 Å². The highest BCUT2D eigenvalue weighted by atomic mass is 31.3. The van der Waals surface area contributed by atoms with Crippen molar-refractivity contribution in [2.75, 3.05) is 44.1 Å². The molecule has 9 rings (SSSR count). The zero-order valence-corrected chi connectivity index (χ0v) is 41.5. The molecule has 39 nitrogen and oxygen atoms in total. The number of phosphoric ester groups is 3. The summed E-state index contributed by atoms with van der Waals surface area (Å²) in [7, 11) is -21.6. The normalized spacial score (nSPS) is 30.5. The molecular weight excluding hydrogens is 1100 g/mol. The molecule has 6 aromatic heterocycles. The summed E-state index contributed by atoms with van der Waals surface area (Å²) < 4.78 is 108. The van der Waals surface area contributed by atoms with Gasteiger partial charge in [-0.15, -0.1) is 0 Å². The summed E-state index contributed by atoms with van der Waals surface area (Å²) in [6.45, 7) is -3.58. The summed E-state index contributed by atoms with van der Waals surface area (Å²) >= 11 is 0. The zero-order chi connectivity index (χ0) is 54.3. The minimum Gasteiger partial charge on any atom is -0.756 e. The number of methoxy groups -OCH3 is 1. The monoisotopic (exact) mass is 1140 g/mol. The number of aromatic amines is 2. The number of nitrogens with two attached hydrogens (primary N) is 3. The third-order valence-corrected chi connectivity index (χ3v) is 16.7. The molecule has 0 spiro atoms. The molecule has 43 heteroatoms. The average molecular weight is 1140 g/mol. The molecule has 3 aliphatic rings. The van der Waals surface area contributed by atoms with E-state index in [-0.39, 0.29) is 51.2 Å². The largest absolute Gasteiger partial charge is 0.756 e. The number of hydrogen-bond donors (Lipinski definition) is 11. The second-order valence-electron chi connectivity index (χ2n) is 16.4. The average Bonchev–Trinajstić information content (AvgIpc) is 4.17. The van der Waals surface area contributed by atoms with Crippen LogP contribution >= 0.6 is 31.3 Å². The molecule has 7 unspecified atom stereocenters. The lowest BCUT2D eigenvalue weighted by molar-refractivity contribution is -0.745. The Balaban J connectivity index is 0.862. The fraction of sp³-hybridized carbons (Fsp3) is 0.531. The van der Waals surface area contributed by atoms with E-state index in [9.17, 15) is 67.8 Å². The van der Waals surface area contributed by atoms with E-state index in [2.05, 4.69) is 53.0 Å². The highest BCUT2D eigenvalue weighted by Gasteiger charge is 2.52. The van der Waals surface area contributed by atoms with Crippen molar-refractivity contribution in [3.05, 3.63) is 46.0 Å². The Labute approximate surface area is 414 Å². The first kappa shape index (κ1) is 54.6. The summed E-state index contributed by atoms with van der Waals surface area (Å²) in [6.07, 6.45) is -16.3. The molecule has 3 aliphatic heterocycles. The van der Waals surface area contributed by atoms with E-state index in [0.717, 1.165) is 35.2 Å². The smallest absolute Gasteiger partial charge is 0.487 e. The topological polar surface area (TPSA) is 568 Å². The van der Waals surface area contributed by atoms with Crippen LogP contribution in [0.15, 0.2) is 34.9 Å². The molecule has 0 aromatic carbocycles. The number of nitrogens with one attached hydrogen (secondary N) is 2. The van der Waals surface area contributed by atoms with Crippen LogP contribution in [0.25, 0.3) is 33.5 Å². The number of rotatable bonds is 19. The Hall–Kier alpha value is -5.15. The van der Waals surface area contributed by atoms with Crippen LogP contribution in [0.4, 0.5) is 17.7 Å². The summed E-state index contributed by atoms with van der Waals surface area (Å²) in [5, 5.41) is 43.1. The fourth-order valence-electron chi connectivity index (χ4n) is 8.27. The van der Waals surface area contributed by atoms with E-state index in [1.165, 1.54) is 22.5 Å². The van der Waals surface area contributed by atoms with Crippen LogP contribution < -0.4 is 42.7 Å². The summed E-state index contributed by atoms with van der Waals surface area (Å²) in [4.78, 5) is 100. The number of anilines is 3. The van der Waals surface area contributed by atoms with Crippen LogP contribution in [-0.2, 0) is 71.0 Å². The number of aromatic nitrogens is 12. The number of ether oxygens (including phenoxy) is 4. The van der Waals surface area contributed by atoms with Gasteiger partial charge in [0.2, 0.25) is 17.7 Å². The molecule has 9 heterocycles. The second-order valence-corrected chi connectivity index (χ2v) is 22.4. The van der Waals surface area contributed by atoms with Gasteiger partial charge in [-0.1, -0.05) is 4.98 Å². The maximum atomic E-state index is 13.6. The number of aliphatic hydroxyl groups excluding tert-OH is 4. The van der Waals surface area contributed by atoms with Crippen molar-refractivity contribution in [3.63, 3.8) is 0 Å². The van der Waals surface area contributed by atoms with Gasteiger partial charge in [0.05, 0.1) is 39.5 Å².